The van der Waals surface area contributed by atoms with E-state index in [1.165, 1.54) is 32.1 Å². The maximum absolute atomic E-state index is 12.4. The zero-order chi connectivity index (χ0) is 16.1. The Morgan fingerprint density at radius 3 is 2.36 bits per heavy atom. The lowest BCUT2D eigenvalue weighted by atomic mass is 9.81. The summed E-state index contributed by atoms with van der Waals surface area (Å²) in [6, 6.07) is 0. The number of nitrogens with one attached hydrogen (secondary N) is 1. The van der Waals surface area contributed by atoms with Crippen LogP contribution >= 0.6 is 0 Å². The molecule has 0 radical (unpaired) electrons. The highest BCUT2D eigenvalue weighted by atomic mass is 16.2. The molecule has 0 saturated heterocycles. The Morgan fingerprint density at radius 2 is 1.86 bits per heavy atom. The Kier molecular flexibility index (Phi) is 6.27. The number of carbonyl (C=O) groups is 2. The van der Waals surface area contributed by atoms with Gasteiger partial charge < -0.3 is 11.1 Å². The van der Waals surface area contributed by atoms with E-state index >= 15 is 0 Å². The molecular weight excluding hydrogens is 276 g/mol. The molecule has 2 aliphatic carbocycles. The molecule has 0 aromatic heterocycles. The molecule has 22 heavy (non-hydrogen) atoms. The quantitative estimate of drug-likeness (QED) is 0.687. The van der Waals surface area contributed by atoms with Gasteiger partial charge in [-0.2, -0.15) is 0 Å². The van der Waals surface area contributed by atoms with Crippen molar-refractivity contribution in [1.29, 1.82) is 0 Å². The van der Waals surface area contributed by atoms with Crippen LogP contribution in [0.15, 0.2) is 0 Å². The van der Waals surface area contributed by atoms with Gasteiger partial charge in [-0.1, -0.05) is 32.6 Å². The second kappa shape index (κ2) is 7.98. The van der Waals surface area contributed by atoms with Gasteiger partial charge >= 0.3 is 0 Å². The fourth-order valence-corrected chi connectivity index (χ4v) is 4.07. The van der Waals surface area contributed by atoms with Crippen LogP contribution in [0.4, 0.5) is 0 Å². The van der Waals surface area contributed by atoms with Gasteiger partial charge in [0.1, 0.15) is 0 Å². The zero-order valence-corrected chi connectivity index (χ0v) is 14.1. The largest absolute Gasteiger partial charge is 0.369 e. The van der Waals surface area contributed by atoms with Gasteiger partial charge in [-0.05, 0) is 50.4 Å². The molecule has 0 aliphatic heterocycles. The van der Waals surface area contributed by atoms with E-state index in [4.69, 9.17) is 5.73 Å². The van der Waals surface area contributed by atoms with Crippen molar-refractivity contribution < 1.29 is 9.59 Å². The third-order valence-electron chi connectivity index (χ3n) is 5.73. The molecule has 2 unspecified atom stereocenters. The fourth-order valence-electron chi connectivity index (χ4n) is 4.07. The van der Waals surface area contributed by atoms with E-state index in [1.807, 2.05) is 6.92 Å². The first kappa shape index (κ1) is 17.3. The van der Waals surface area contributed by atoms with Gasteiger partial charge in [0.15, 0.2) is 0 Å². The molecule has 0 spiro atoms. The van der Waals surface area contributed by atoms with E-state index in [1.54, 1.807) is 0 Å². The highest BCUT2D eigenvalue weighted by molar-refractivity contribution is 5.86. The van der Waals surface area contributed by atoms with Crippen molar-refractivity contribution in [3.8, 4) is 0 Å². The molecule has 0 heterocycles. The van der Waals surface area contributed by atoms with Crippen molar-refractivity contribution in [2.45, 2.75) is 65.2 Å². The average Bonchev–Trinajstić information content (AvgIpc) is 2.94. The van der Waals surface area contributed by atoms with Crippen LogP contribution in [0.2, 0.25) is 0 Å². The van der Waals surface area contributed by atoms with Gasteiger partial charge in [0, 0.05) is 18.4 Å². The molecule has 2 aliphatic rings. The minimum atomic E-state index is -0.292. The summed E-state index contributed by atoms with van der Waals surface area (Å²) in [7, 11) is 0. The molecule has 2 rings (SSSR count). The predicted octanol–water partition coefficient (Wildman–Crippen LogP) is 2.86. The van der Waals surface area contributed by atoms with Crippen LogP contribution in [-0.4, -0.2) is 18.4 Å². The van der Waals surface area contributed by atoms with Crippen molar-refractivity contribution in [3.05, 3.63) is 0 Å². The van der Waals surface area contributed by atoms with Gasteiger partial charge in [-0.25, -0.2) is 0 Å². The average molecular weight is 308 g/mol. The lowest BCUT2D eigenvalue weighted by Gasteiger charge is -2.25. The second-order valence-electron chi connectivity index (χ2n) is 7.45. The van der Waals surface area contributed by atoms with Crippen molar-refractivity contribution in [3.63, 3.8) is 0 Å². The predicted molar refractivity (Wildman–Crippen MR) is 87.9 cm³/mol. The summed E-state index contributed by atoms with van der Waals surface area (Å²) < 4.78 is 0. The van der Waals surface area contributed by atoms with E-state index in [-0.39, 0.29) is 23.7 Å². The maximum Gasteiger partial charge on any atom is 0.223 e. The van der Waals surface area contributed by atoms with E-state index in [9.17, 15) is 9.59 Å². The molecule has 4 nitrogen and oxygen atoms in total. The number of primary amides is 1. The molecular formula is C18H32N2O2. The lowest BCUT2D eigenvalue weighted by molar-refractivity contribution is -0.134. The topological polar surface area (TPSA) is 72.2 Å². The van der Waals surface area contributed by atoms with Crippen molar-refractivity contribution in [2.75, 3.05) is 6.54 Å². The van der Waals surface area contributed by atoms with Crippen LogP contribution in [0.3, 0.4) is 0 Å². The molecule has 2 saturated carbocycles. The SMILES string of the molecule is CCNC(=O)[C@H](CC1CC1C)[C@H](CCC1CCCC1)C(N)=O. The summed E-state index contributed by atoms with van der Waals surface area (Å²) in [5.41, 5.74) is 5.67. The first-order chi connectivity index (χ1) is 10.5. The van der Waals surface area contributed by atoms with Crippen LogP contribution < -0.4 is 11.1 Å². The Bertz CT molecular complexity index is 391. The maximum atomic E-state index is 12.4. The molecule has 126 valence electrons. The van der Waals surface area contributed by atoms with Crippen LogP contribution in [0.5, 0.6) is 0 Å². The smallest absolute Gasteiger partial charge is 0.223 e. The van der Waals surface area contributed by atoms with Gasteiger partial charge in [-0.15, -0.1) is 0 Å². The summed E-state index contributed by atoms with van der Waals surface area (Å²) in [5, 5.41) is 2.91. The van der Waals surface area contributed by atoms with Gasteiger partial charge in [-0.3, -0.25) is 9.59 Å². The molecule has 0 aromatic rings. The zero-order valence-electron chi connectivity index (χ0n) is 14.1. The Labute approximate surface area is 134 Å². The van der Waals surface area contributed by atoms with Gasteiger partial charge in [0.2, 0.25) is 11.8 Å². The standard InChI is InChI=1S/C18H32N2O2/c1-3-20-18(22)16(11-14-10-12(14)2)15(17(19)21)9-8-13-6-4-5-7-13/h12-16H,3-11H2,1-2H3,(H2,19,21)(H,20,22)/t12?,14?,15-,16+/m0/s1. The molecule has 0 bridgehead atoms. The van der Waals surface area contributed by atoms with E-state index in [0.29, 0.717) is 18.4 Å². The molecule has 4 heteroatoms. The number of carbonyl (C=O) groups excluding carboxylic acids is 2. The van der Waals surface area contributed by atoms with Crippen LogP contribution in [0.1, 0.15) is 65.2 Å². The third kappa shape index (κ3) is 4.72. The minimum Gasteiger partial charge on any atom is -0.369 e. The van der Waals surface area contributed by atoms with Gasteiger partial charge in [0.05, 0.1) is 0 Å². The van der Waals surface area contributed by atoms with Crippen molar-refractivity contribution in [2.24, 2.45) is 35.3 Å². The minimum absolute atomic E-state index is 0.0248. The number of amides is 2. The van der Waals surface area contributed by atoms with E-state index < -0.39 is 0 Å². The number of nitrogens with two attached hydrogens (primary N) is 1. The Hall–Kier alpha value is -1.06. The summed E-state index contributed by atoms with van der Waals surface area (Å²) in [5.74, 6) is 1.24. The molecule has 2 amide bonds. The third-order valence-corrected chi connectivity index (χ3v) is 5.73. The fraction of sp³-hybridized carbons (Fsp3) is 0.889. The Morgan fingerprint density at radius 1 is 1.23 bits per heavy atom. The summed E-state index contributed by atoms with van der Waals surface area (Å²) >= 11 is 0. The number of hydrogen-bond donors (Lipinski definition) is 2. The van der Waals surface area contributed by atoms with E-state index in [0.717, 1.165) is 25.2 Å². The normalized spacial score (nSPS) is 27.4. The first-order valence-electron chi connectivity index (χ1n) is 9.09. The molecule has 4 atom stereocenters. The first-order valence-corrected chi connectivity index (χ1v) is 9.09. The van der Waals surface area contributed by atoms with Crippen LogP contribution in [0.25, 0.3) is 0 Å². The molecule has 0 aromatic carbocycles. The molecule has 3 N–H and O–H groups in total. The number of hydrogen-bond acceptors (Lipinski definition) is 2. The summed E-state index contributed by atoms with van der Waals surface area (Å²) in [4.78, 5) is 24.4. The summed E-state index contributed by atoms with van der Waals surface area (Å²) in [6.07, 6.45) is 9.01. The molecule has 2 fully saturated rings. The van der Waals surface area contributed by atoms with Gasteiger partial charge in [0.25, 0.3) is 0 Å². The van der Waals surface area contributed by atoms with Crippen LogP contribution in [-0.2, 0) is 9.59 Å². The van der Waals surface area contributed by atoms with Crippen molar-refractivity contribution in [1.82, 2.24) is 5.32 Å². The summed E-state index contributed by atoms with van der Waals surface area (Å²) in [6.45, 7) is 4.76. The second-order valence-corrected chi connectivity index (χ2v) is 7.45. The highest BCUT2D eigenvalue weighted by Gasteiger charge is 2.40. The lowest BCUT2D eigenvalue weighted by Crippen LogP contribution is -2.41. The van der Waals surface area contributed by atoms with Crippen LogP contribution in [0, 0.1) is 29.6 Å². The highest BCUT2D eigenvalue weighted by Crippen LogP contribution is 2.44. The monoisotopic (exact) mass is 308 g/mol. The van der Waals surface area contributed by atoms with Crippen molar-refractivity contribution >= 4 is 11.8 Å². The van der Waals surface area contributed by atoms with E-state index in [2.05, 4.69) is 12.2 Å². The Balaban J connectivity index is 1.97. The number of rotatable bonds is 9.